The third-order valence-electron chi connectivity index (χ3n) is 2.19. The zero-order valence-electron chi connectivity index (χ0n) is 8.71. The summed E-state index contributed by atoms with van der Waals surface area (Å²) in [5, 5.41) is 0.954. The highest BCUT2D eigenvalue weighted by Gasteiger charge is 2.06. The number of nitrogens with zero attached hydrogens (tertiary/aromatic N) is 3. The molecule has 0 saturated carbocycles. The molecule has 2 rings (SSSR count). The monoisotopic (exact) mass is 213 g/mol. The summed E-state index contributed by atoms with van der Waals surface area (Å²) in [5.41, 5.74) is 0.823. The number of aromatic nitrogens is 2. The van der Waals surface area contributed by atoms with E-state index in [-0.39, 0.29) is 0 Å². The molecule has 4 nitrogen and oxygen atoms in total. The van der Waals surface area contributed by atoms with Crippen LogP contribution in [0.5, 0.6) is 0 Å². The Labute approximate surface area is 93.2 Å². The smallest absolute Gasteiger partial charge is 0.232 e. The molecule has 16 heavy (non-hydrogen) atoms. The summed E-state index contributed by atoms with van der Waals surface area (Å²) >= 11 is 0. The molecule has 0 atom stereocenters. The van der Waals surface area contributed by atoms with Crippen LogP contribution in [0.15, 0.2) is 43.1 Å². The number of hydrogen-bond acceptors (Lipinski definition) is 3. The fraction of sp³-hybridized carbons (Fsp3) is 0.0833. The second-order valence-corrected chi connectivity index (χ2v) is 3.28. The van der Waals surface area contributed by atoms with Crippen LogP contribution in [0.4, 0.5) is 5.95 Å². The molecule has 1 heterocycles. The van der Waals surface area contributed by atoms with Gasteiger partial charge >= 0.3 is 0 Å². The maximum atomic E-state index is 10.8. The van der Waals surface area contributed by atoms with Crippen LogP contribution in [-0.2, 0) is 4.79 Å². The van der Waals surface area contributed by atoms with Gasteiger partial charge in [-0.15, -0.1) is 6.58 Å². The minimum atomic E-state index is 0.397. The number of benzene rings is 1. The molecular weight excluding hydrogens is 202 g/mol. The molecule has 0 spiro atoms. The summed E-state index contributed by atoms with van der Waals surface area (Å²) < 4.78 is 0. The average Bonchev–Trinajstić information content (AvgIpc) is 2.35. The molecule has 0 fully saturated rings. The van der Waals surface area contributed by atoms with Crippen molar-refractivity contribution >= 4 is 23.3 Å². The van der Waals surface area contributed by atoms with Crippen molar-refractivity contribution in [2.45, 2.75) is 0 Å². The fourth-order valence-electron chi connectivity index (χ4n) is 1.41. The number of para-hydroxylation sites is 1. The third kappa shape index (κ3) is 1.91. The van der Waals surface area contributed by atoms with Crippen LogP contribution < -0.4 is 4.90 Å². The first kappa shape index (κ1) is 10.3. The van der Waals surface area contributed by atoms with Gasteiger partial charge in [-0.2, -0.15) is 0 Å². The predicted octanol–water partition coefficient (Wildman–Crippen LogP) is 1.78. The quantitative estimate of drug-likeness (QED) is 0.574. The van der Waals surface area contributed by atoms with Crippen molar-refractivity contribution in [1.82, 2.24) is 9.97 Å². The van der Waals surface area contributed by atoms with Crippen LogP contribution in [0.25, 0.3) is 10.9 Å². The number of anilines is 1. The van der Waals surface area contributed by atoms with E-state index in [4.69, 9.17) is 0 Å². The zero-order valence-corrected chi connectivity index (χ0v) is 8.71. The van der Waals surface area contributed by atoms with Gasteiger partial charge in [0.25, 0.3) is 0 Å². The lowest BCUT2D eigenvalue weighted by Gasteiger charge is -2.12. The second-order valence-electron chi connectivity index (χ2n) is 3.28. The Morgan fingerprint density at radius 1 is 1.38 bits per heavy atom. The summed E-state index contributed by atoms with van der Waals surface area (Å²) in [5.74, 6) is 0.397. The number of fused-ring (bicyclic) bond motifs is 1. The lowest BCUT2D eigenvalue weighted by Crippen LogP contribution is -2.23. The van der Waals surface area contributed by atoms with Gasteiger partial charge in [0, 0.05) is 18.1 Å². The number of amides is 1. The van der Waals surface area contributed by atoms with E-state index in [1.54, 1.807) is 12.3 Å². The average molecular weight is 213 g/mol. The summed E-state index contributed by atoms with van der Waals surface area (Å²) in [6, 6.07) is 7.64. The molecule has 2 aromatic rings. The van der Waals surface area contributed by atoms with Crippen molar-refractivity contribution in [1.29, 1.82) is 0 Å². The molecule has 0 radical (unpaired) electrons. The highest BCUT2D eigenvalue weighted by molar-refractivity contribution is 5.80. The second kappa shape index (κ2) is 4.53. The summed E-state index contributed by atoms with van der Waals surface area (Å²) in [6.07, 6.45) is 4.04. The predicted molar refractivity (Wildman–Crippen MR) is 63.1 cm³/mol. The Hall–Kier alpha value is -2.23. The van der Waals surface area contributed by atoms with E-state index in [0.717, 1.165) is 10.9 Å². The first-order valence-electron chi connectivity index (χ1n) is 4.90. The van der Waals surface area contributed by atoms with Crippen LogP contribution in [0, 0.1) is 0 Å². The molecule has 1 aromatic carbocycles. The van der Waals surface area contributed by atoms with Crippen LogP contribution in [0.2, 0.25) is 0 Å². The number of hydrogen-bond donors (Lipinski definition) is 0. The van der Waals surface area contributed by atoms with Gasteiger partial charge in [-0.1, -0.05) is 24.3 Å². The Morgan fingerprint density at radius 2 is 2.19 bits per heavy atom. The van der Waals surface area contributed by atoms with E-state index in [0.29, 0.717) is 18.9 Å². The molecule has 0 saturated heterocycles. The molecule has 0 unspecified atom stereocenters. The molecule has 0 aliphatic heterocycles. The Morgan fingerprint density at radius 3 is 2.94 bits per heavy atom. The Balaban J connectivity index is 2.45. The topological polar surface area (TPSA) is 46.1 Å². The van der Waals surface area contributed by atoms with Crippen molar-refractivity contribution < 1.29 is 4.79 Å². The van der Waals surface area contributed by atoms with Gasteiger partial charge in [-0.25, -0.2) is 9.97 Å². The lowest BCUT2D eigenvalue weighted by molar-refractivity contribution is -0.107. The van der Waals surface area contributed by atoms with E-state index in [1.807, 2.05) is 24.3 Å². The van der Waals surface area contributed by atoms with Crippen LogP contribution in [-0.4, -0.2) is 22.9 Å². The van der Waals surface area contributed by atoms with Crippen molar-refractivity contribution in [2.24, 2.45) is 0 Å². The van der Waals surface area contributed by atoms with Crippen LogP contribution >= 0.6 is 0 Å². The van der Waals surface area contributed by atoms with E-state index in [9.17, 15) is 4.79 Å². The van der Waals surface area contributed by atoms with Crippen LogP contribution in [0.3, 0.4) is 0 Å². The Bertz CT molecular complexity index is 524. The van der Waals surface area contributed by atoms with Crippen molar-refractivity contribution in [3.05, 3.63) is 43.1 Å². The molecule has 1 amide bonds. The Kier molecular flexibility index (Phi) is 2.91. The maximum Gasteiger partial charge on any atom is 0.232 e. The summed E-state index contributed by atoms with van der Waals surface area (Å²) in [4.78, 5) is 20.7. The minimum Gasteiger partial charge on any atom is -0.279 e. The highest BCUT2D eigenvalue weighted by Crippen LogP contribution is 2.13. The summed E-state index contributed by atoms with van der Waals surface area (Å²) in [7, 11) is 0. The fourth-order valence-corrected chi connectivity index (χ4v) is 1.41. The van der Waals surface area contributed by atoms with Gasteiger partial charge in [-0.05, 0) is 6.07 Å². The highest BCUT2D eigenvalue weighted by atomic mass is 16.1. The lowest BCUT2D eigenvalue weighted by atomic mass is 10.2. The largest absolute Gasteiger partial charge is 0.279 e. The molecule has 0 bridgehead atoms. The number of carbonyl (C=O) groups is 1. The van der Waals surface area contributed by atoms with Crippen molar-refractivity contribution in [3.8, 4) is 0 Å². The third-order valence-corrected chi connectivity index (χ3v) is 2.19. The van der Waals surface area contributed by atoms with Gasteiger partial charge in [0.2, 0.25) is 12.4 Å². The molecule has 0 aliphatic carbocycles. The standard InChI is InChI=1S/C12H11N3O/c1-2-7-15(9-16)12-13-8-10-5-3-4-6-11(10)14-12/h2-6,8-9H,1,7H2. The van der Waals surface area contributed by atoms with Crippen molar-refractivity contribution in [3.63, 3.8) is 0 Å². The normalized spacial score (nSPS) is 10.0. The molecule has 4 heteroatoms. The van der Waals surface area contributed by atoms with Crippen LogP contribution in [0.1, 0.15) is 0 Å². The van der Waals surface area contributed by atoms with Gasteiger partial charge in [0.05, 0.1) is 5.52 Å². The number of carbonyl (C=O) groups excluding carboxylic acids is 1. The van der Waals surface area contributed by atoms with Crippen molar-refractivity contribution in [2.75, 3.05) is 11.4 Å². The van der Waals surface area contributed by atoms with E-state index in [1.165, 1.54) is 4.90 Å². The summed E-state index contributed by atoms with van der Waals surface area (Å²) in [6.45, 7) is 3.98. The molecule has 1 aromatic heterocycles. The maximum absolute atomic E-state index is 10.8. The van der Waals surface area contributed by atoms with E-state index < -0.39 is 0 Å². The first-order chi connectivity index (χ1) is 7.85. The first-order valence-corrected chi connectivity index (χ1v) is 4.90. The molecule has 80 valence electrons. The zero-order chi connectivity index (χ0) is 11.4. The van der Waals surface area contributed by atoms with Gasteiger partial charge < -0.3 is 0 Å². The SMILES string of the molecule is C=CCN(C=O)c1ncc2ccccc2n1. The molecule has 0 N–H and O–H groups in total. The number of rotatable bonds is 4. The van der Waals surface area contributed by atoms with E-state index in [2.05, 4.69) is 16.5 Å². The minimum absolute atomic E-state index is 0.397. The van der Waals surface area contributed by atoms with E-state index >= 15 is 0 Å². The van der Waals surface area contributed by atoms with Gasteiger partial charge in [0.1, 0.15) is 0 Å². The molecular formula is C12H11N3O. The van der Waals surface area contributed by atoms with Gasteiger partial charge in [0.15, 0.2) is 0 Å². The molecule has 0 aliphatic rings. The van der Waals surface area contributed by atoms with Gasteiger partial charge in [-0.3, -0.25) is 9.69 Å².